The average Bonchev–Trinajstić information content (AvgIpc) is 2.28. The minimum atomic E-state index is -0.0843. The van der Waals surface area contributed by atoms with Gasteiger partial charge in [-0.1, -0.05) is 6.92 Å². The first-order valence-corrected chi connectivity index (χ1v) is 6.39. The molecule has 0 saturated heterocycles. The number of H-pyrrole nitrogens is 1. The molecule has 2 N–H and O–H groups in total. The molecule has 1 rings (SSSR count). The van der Waals surface area contributed by atoms with E-state index in [9.17, 15) is 4.79 Å². The van der Waals surface area contributed by atoms with Crippen molar-refractivity contribution in [2.75, 3.05) is 31.6 Å². The number of hydrogen-bond donors (Lipinski definition) is 2. The van der Waals surface area contributed by atoms with Gasteiger partial charge in [0.15, 0.2) is 0 Å². The van der Waals surface area contributed by atoms with E-state index in [-0.39, 0.29) is 5.56 Å². The molecule has 0 atom stereocenters. The smallest absolute Gasteiger partial charge is 0.266 e. The number of likely N-dealkylation sites (N-methyl/N-ethyl adjacent to an activating group) is 1. The van der Waals surface area contributed by atoms with Crippen LogP contribution in [-0.4, -0.2) is 36.6 Å². The van der Waals surface area contributed by atoms with Gasteiger partial charge in [-0.05, 0) is 35.6 Å². The predicted octanol–water partition coefficient (Wildman–Crippen LogP) is 0.810. The Balaban J connectivity index is 2.56. The SMILES string of the molecule is CCCNCCN(C)c1nc[nH]c(=O)c1I. The first kappa shape index (κ1) is 13.4. The Morgan fingerprint density at radius 1 is 1.56 bits per heavy atom. The van der Waals surface area contributed by atoms with Crippen LogP contribution in [0.2, 0.25) is 0 Å². The zero-order valence-electron chi connectivity index (χ0n) is 9.59. The maximum absolute atomic E-state index is 11.4. The molecule has 90 valence electrons. The molecule has 0 aliphatic heterocycles. The van der Waals surface area contributed by atoms with Crippen LogP contribution in [0.15, 0.2) is 11.1 Å². The number of anilines is 1. The van der Waals surface area contributed by atoms with Crippen LogP contribution in [0.4, 0.5) is 5.82 Å². The van der Waals surface area contributed by atoms with Gasteiger partial charge < -0.3 is 15.2 Å². The van der Waals surface area contributed by atoms with Gasteiger partial charge in [-0.3, -0.25) is 4.79 Å². The summed E-state index contributed by atoms with van der Waals surface area (Å²) in [6.45, 7) is 4.90. The summed E-state index contributed by atoms with van der Waals surface area (Å²) in [5.41, 5.74) is -0.0843. The van der Waals surface area contributed by atoms with Gasteiger partial charge in [-0.2, -0.15) is 0 Å². The third-order valence-electron chi connectivity index (χ3n) is 2.19. The molecule has 1 aromatic heterocycles. The van der Waals surface area contributed by atoms with Crippen LogP contribution in [0, 0.1) is 3.57 Å². The fourth-order valence-electron chi connectivity index (χ4n) is 1.29. The normalized spacial score (nSPS) is 10.4. The monoisotopic (exact) mass is 336 g/mol. The van der Waals surface area contributed by atoms with Crippen molar-refractivity contribution in [3.05, 3.63) is 20.3 Å². The van der Waals surface area contributed by atoms with Gasteiger partial charge in [0.1, 0.15) is 9.39 Å². The lowest BCUT2D eigenvalue weighted by molar-refractivity contribution is 0.663. The molecule has 0 saturated carbocycles. The fourth-order valence-corrected chi connectivity index (χ4v) is 2.00. The summed E-state index contributed by atoms with van der Waals surface area (Å²) < 4.78 is 0.637. The van der Waals surface area contributed by atoms with E-state index in [0.29, 0.717) is 3.57 Å². The van der Waals surface area contributed by atoms with E-state index in [0.717, 1.165) is 31.9 Å². The molecule has 0 aliphatic carbocycles. The Labute approximate surface area is 109 Å². The molecule has 0 aliphatic rings. The van der Waals surface area contributed by atoms with Crippen molar-refractivity contribution in [2.45, 2.75) is 13.3 Å². The number of rotatable bonds is 6. The largest absolute Gasteiger partial charge is 0.357 e. The van der Waals surface area contributed by atoms with E-state index >= 15 is 0 Å². The number of nitrogens with zero attached hydrogens (tertiary/aromatic N) is 2. The van der Waals surface area contributed by atoms with Crippen LogP contribution in [0.3, 0.4) is 0 Å². The van der Waals surface area contributed by atoms with Crippen molar-refractivity contribution in [3.8, 4) is 0 Å². The summed E-state index contributed by atoms with van der Waals surface area (Å²) in [7, 11) is 1.94. The molecule has 1 aromatic rings. The molecule has 0 spiro atoms. The molecular weight excluding hydrogens is 319 g/mol. The van der Waals surface area contributed by atoms with Crippen molar-refractivity contribution >= 4 is 28.4 Å². The first-order chi connectivity index (χ1) is 7.66. The third kappa shape index (κ3) is 3.75. The molecular formula is C10H17IN4O. The van der Waals surface area contributed by atoms with E-state index in [1.807, 2.05) is 34.5 Å². The van der Waals surface area contributed by atoms with Crippen LogP contribution in [0.5, 0.6) is 0 Å². The molecule has 0 amide bonds. The van der Waals surface area contributed by atoms with E-state index < -0.39 is 0 Å². The van der Waals surface area contributed by atoms with Gasteiger partial charge in [0, 0.05) is 20.1 Å². The lowest BCUT2D eigenvalue weighted by Gasteiger charge is -2.18. The molecule has 5 nitrogen and oxygen atoms in total. The topological polar surface area (TPSA) is 61.0 Å². The summed E-state index contributed by atoms with van der Waals surface area (Å²) >= 11 is 2.02. The van der Waals surface area contributed by atoms with Gasteiger partial charge >= 0.3 is 0 Å². The Hall–Kier alpha value is -0.630. The van der Waals surface area contributed by atoms with Crippen LogP contribution >= 0.6 is 22.6 Å². The summed E-state index contributed by atoms with van der Waals surface area (Å²) in [6.07, 6.45) is 2.57. The molecule has 0 radical (unpaired) electrons. The van der Waals surface area contributed by atoms with Crippen molar-refractivity contribution in [3.63, 3.8) is 0 Å². The fraction of sp³-hybridized carbons (Fsp3) is 0.600. The molecule has 6 heteroatoms. The number of aromatic amines is 1. The highest BCUT2D eigenvalue weighted by Gasteiger charge is 2.09. The lowest BCUT2D eigenvalue weighted by atomic mass is 10.4. The minimum absolute atomic E-state index is 0.0843. The van der Waals surface area contributed by atoms with E-state index in [1.54, 1.807) is 0 Å². The molecule has 0 bridgehead atoms. The van der Waals surface area contributed by atoms with Gasteiger partial charge in [0.2, 0.25) is 0 Å². The summed E-state index contributed by atoms with van der Waals surface area (Å²) in [5.74, 6) is 0.739. The average molecular weight is 336 g/mol. The van der Waals surface area contributed by atoms with E-state index in [2.05, 4.69) is 22.2 Å². The summed E-state index contributed by atoms with van der Waals surface area (Å²) in [5, 5.41) is 3.31. The second-order valence-electron chi connectivity index (χ2n) is 3.54. The molecule has 1 heterocycles. The van der Waals surface area contributed by atoms with E-state index in [4.69, 9.17) is 0 Å². The van der Waals surface area contributed by atoms with Crippen LogP contribution < -0.4 is 15.8 Å². The first-order valence-electron chi connectivity index (χ1n) is 5.31. The third-order valence-corrected chi connectivity index (χ3v) is 3.16. The maximum Gasteiger partial charge on any atom is 0.266 e. The quantitative estimate of drug-likeness (QED) is 0.596. The van der Waals surface area contributed by atoms with Crippen molar-refractivity contribution in [2.24, 2.45) is 0 Å². The molecule has 0 fully saturated rings. The van der Waals surface area contributed by atoms with Crippen molar-refractivity contribution in [1.29, 1.82) is 0 Å². The van der Waals surface area contributed by atoms with E-state index in [1.165, 1.54) is 6.33 Å². The summed E-state index contributed by atoms with van der Waals surface area (Å²) in [4.78, 5) is 20.1. The number of hydrogen-bond acceptors (Lipinski definition) is 4. The van der Waals surface area contributed by atoms with Gasteiger partial charge in [0.05, 0.1) is 6.33 Å². The predicted molar refractivity (Wildman–Crippen MR) is 74.0 cm³/mol. The number of halogens is 1. The van der Waals surface area contributed by atoms with Crippen molar-refractivity contribution in [1.82, 2.24) is 15.3 Å². The Bertz CT molecular complexity index is 379. The number of aromatic nitrogens is 2. The highest BCUT2D eigenvalue weighted by molar-refractivity contribution is 14.1. The standard InChI is InChI=1S/C10H17IN4O/c1-3-4-12-5-6-15(2)9-8(11)10(16)14-7-13-9/h7,12H,3-6H2,1-2H3,(H,13,14,16). The highest BCUT2D eigenvalue weighted by atomic mass is 127. The Morgan fingerprint density at radius 2 is 2.31 bits per heavy atom. The maximum atomic E-state index is 11.4. The van der Waals surface area contributed by atoms with Gasteiger partial charge in [-0.25, -0.2) is 4.98 Å². The second-order valence-corrected chi connectivity index (χ2v) is 4.62. The zero-order chi connectivity index (χ0) is 12.0. The number of nitrogens with one attached hydrogen (secondary N) is 2. The van der Waals surface area contributed by atoms with Gasteiger partial charge in [0.25, 0.3) is 5.56 Å². The minimum Gasteiger partial charge on any atom is -0.357 e. The zero-order valence-corrected chi connectivity index (χ0v) is 11.7. The molecule has 16 heavy (non-hydrogen) atoms. The van der Waals surface area contributed by atoms with Crippen LogP contribution in [-0.2, 0) is 0 Å². The van der Waals surface area contributed by atoms with Gasteiger partial charge in [-0.15, -0.1) is 0 Å². The Kier molecular flexibility index (Phi) is 5.75. The second kappa shape index (κ2) is 6.85. The Morgan fingerprint density at radius 3 is 3.00 bits per heavy atom. The highest BCUT2D eigenvalue weighted by Crippen LogP contribution is 2.12. The lowest BCUT2D eigenvalue weighted by Crippen LogP contribution is -2.31. The molecule has 0 unspecified atom stereocenters. The van der Waals surface area contributed by atoms with Crippen LogP contribution in [0.1, 0.15) is 13.3 Å². The summed E-state index contributed by atoms with van der Waals surface area (Å²) in [6, 6.07) is 0. The molecule has 0 aromatic carbocycles. The van der Waals surface area contributed by atoms with Crippen molar-refractivity contribution < 1.29 is 0 Å². The van der Waals surface area contributed by atoms with Crippen LogP contribution in [0.25, 0.3) is 0 Å².